The molecule has 0 spiro atoms. The van der Waals surface area contributed by atoms with E-state index in [1.54, 1.807) is 12.4 Å². The molecule has 0 aliphatic carbocycles. The smallest absolute Gasteiger partial charge is 0.162 e. The van der Waals surface area contributed by atoms with Crippen molar-refractivity contribution in [3.8, 4) is 17.7 Å². The van der Waals surface area contributed by atoms with E-state index in [-0.39, 0.29) is 0 Å². The number of halogens is 1. The van der Waals surface area contributed by atoms with Crippen LogP contribution in [0.3, 0.4) is 0 Å². The largest absolute Gasteiger partial charge is 0.396 e. The van der Waals surface area contributed by atoms with Crippen LogP contribution in [0.25, 0.3) is 11.5 Å². The van der Waals surface area contributed by atoms with Gasteiger partial charge in [-0.25, -0.2) is 15.0 Å². The maximum Gasteiger partial charge on any atom is 0.162 e. The molecule has 26 heavy (non-hydrogen) atoms. The summed E-state index contributed by atoms with van der Waals surface area (Å²) >= 11 is 6.06. The van der Waals surface area contributed by atoms with E-state index < -0.39 is 0 Å². The Bertz CT molecular complexity index is 1050. The number of aromatic nitrogens is 4. The minimum absolute atomic E-state index is 0.353. The normalized spacial score (nSPS) is 10.3. The maximum absolute atomic E-state index is 6.06. The van der Waals surface area contributed by atoms with Crippen LogP contribution < -0.4 is 5.73 Å². The molecule has 6 heteroatoms. The Morgan fingerprint density at radius 2 is 1.92 bits per heavy atom. The van der Waals surface area contributed by atoms with Crippen LogP contribution in [0.5, 0.6) is 0 Å². The summed E-state index contributed by atoms with van der Waals surface area (Å²) < 4.78 is 1.86. The van der Waals surface area contributed by atoms with Crippen molar-refractivity contribution in [2.24, 2.45) is 5.73 Å². The molecule has 3 aromatic rings. The van der Waals surface area contributed by atoms with Crippen molar-refractivity contribution in [3.63, 3.8) is 0 Å². The van der Waals surface area contributed by atoms with Gasteiger partial charge >= 0.3 is 0 Å². The Balaban J connectivity index is 2.12. The van der Waals surface area contributed by atoms with Crippen molar-refractivity contribution >= 4 is 17.3 Å². The lowest BCUT2D eigenvalue weighted by Gasteiger charge is -2.08. The minimum atomic E-state index is 0.353. The molecule has 0 atom stereocenters. The lowest BCUT2D eigenvalue weighted by Crippen LogP contribution is -2.08. The van der Waals surface area contributed by atoms with E-state index in [1.807, 2.05) is 43.5 Å². The number of nitrogens with zero attached hydrogens (tertiary/aromatic N) is 4. The fourth-order valence-electron chi connectivity index (χ4n) is 2.48. The number of pyridine rings is 2. The standard InChI is InChI=1S/C20H18ClN5/c1-12-5-8-18(24-11-12)26-15(4)17(25-20(26)14(3)22)7-6-16-9-10-23-19(21)13(16)2/h5,8-11H,3,22H2,1-2,4H3. The van der Waals surface area contributed by atoms with E-state index in [2.05, 4.69) is 33.4 Å². The Morgan fingerprint density at radius 3 is 2.58 bits per heavy atom. The van der Waals surface area contributed by atoms with Crippen LogP contribution in [0.15, 0.2) is 37.2 Å². The number of aryl methyl sites for hydroxylation is 1. The second-order valence-electron chi connectivity index (χ2n) is 5.95. The van der Waals surface area contributed by atoms with E-state index >= 15 is 0 Å². The van der Waals surface area contributed by atoms with Crippen molar-refractivity contribution in [3.05, 3.63) is 76.2 Å². The number of hydrogen-bond acceptors (Lipinski definition) is 4. The van der Waals surface area contributed by atoms with Gasteiger partial charge in [0.1, 0.15) is 16.7 Å². The molecule has 130 valence electrons. The monoisotopic (exact) mass is 363 g/mol. The Kier molecular flexibility index (Phi) is 4.79. The molecule has 5 nitrogen and oxygen atoms in total. The predicted molar refractivity (Wildman–Crippen MR) is 104 cm³/mol. The van der Waals surface area contributed by atoms with Crippen LogP contribution in [-0.2, 0) is 0 Å². The van der Waals surface area contributed by atoms with Crippen LogP contribution in [0.2, 0.25) is 5.15 Å². The first-order valence-corrected chi connectivity index (χ1v) is 8.36. The van der Waals surface area contributed by atoms with Gasteiger partial charge in [-0.05, 0) is 44.4 Å². The van der Waals surface area contributed by atoms with E-state index in [9.17, 15) is 0 Å². The first kappa shape index (κ1) is 17.7. The highest BCUT2D eigenvalue weighted by molar-refractivity contribution is 6.30. The van der Waals surface area contributed by atoms with Crippen LogP contribution >= 0.6 is 11.6 Å². The summed E-state index contributed by atoms with van der Waals surface area (Å²) in [5.41, 5.74) is 10.5. The number of hydrogen-bond donors (Lipinski definition) is 1. The molecule has 0 bridgehead atoms. The summed E-state index contributed by atoms with van der Waals surface area (Å²) in [4.78, 5) is 13.1. The van der Waals surface area contributed by atoms with Crippen LogP contribution in [0, 0.1) is 32.6 Å². The highest BCUT2D eigenvalue weighted by atomic mass is 35.5. The molecule has 0 aromatic carbocycles. The van der Waals surface area contributed by atoms with Gasteiger partial charge in [0, 0.05) is 23.5 Å². The van der Waals surface area contributed by atoms with Crippen molar-refractivity contribution in [1.29, 1.82) is 0 Å². The molecule has 3 rings (SSSR count). The average molecular weight is 364 g/mol. The van der Waals surface area contributed by atoms with Crippen molar-refractivity contribution in [2.75, 3.05) is 0 Å². The number of rotatable bonds is 2. The highest BCUT2D eigenvalue weighted by Crippen LogP contribution is 2.20. The van der Waals surface area contributed by atoms with Crippen molar-refractivity contribution in [1.82, 2.24) is 19.5 Å². The molecule has 0 saturated heterocycles. The summed E-state index contributed by atoms with van der Waals surface area (Å²) in [5.74, 6) is 7.47. The fraction of sp³-hybridized carbons (Fsp3) is 0.150. The summed E-state index contributed by atoms with van der Waals surface area (Å²) in [7, 11) is 0. The van der Waals surface area contributed by atoms with E-state index in [0.717, 1.165) is 28.2 Å². The maximum atomic E-state index is 6.06. The lowest BCUT2D eigenvalue weighted by atomic mass is 10.1. The zero-order valence-corrected chi connectivity index (χ0v) is 15.6. The van der Waals surface area contributed by atoms with E-state index in [1.165, 1.54) is 0 Å². The van der Waals surface area contributed by atoms with Crippen LogP contribution in [-0.4, -0.2) is 19.5 Å². The first-order valence-electron chi connectivity index (χ1n) is 7.98. The van der Waals surface area contributed by atoms with Gasteiger partial charge in [0.15, 0.2) is 5.82 Å². The zero-order valence-electron chi connectivity index (χ0n) is 14.8. The van der Waals surface area contributed by atoms with E-state index in [0.29, 0.717) is 22.4 Å². The molecule has 3 heterocycles. The SMILES string of the molecule is C=C(N)c1nc(C#Cc2ccnc(Cl)c2C)c(C)n1-c1ccc(C)cn1. The third-order valence-corrected chi connectivity index (χ3v) is 4.36. The molecule has 3 aromatic heterocycles. The number of imidazole rings is 1. The molecule has 0 aliphatic heterocycles. The number of nitrogens with two attached hydrogens (primary N) is 1. The quantitative estimate of drug-likeness (QED) is 0.558. The average Bonchev–Trinajstić information content (AvgIpc) is 2.94. The van der Waals surface area contributed by atoms with Gasteiger partial charge < -0.3 is 5.73 Å². The second kappa shape index (κ2) is 7.03. The molecule has 0 fully saturated rings. The fourth-order valence-corrected chi connectivity index (χ4v) is 2.64. The van der Waals surface area contributed by atoms with Gasteiger partial charge in [-0.1, -0.05) is 30.2 Å². The van der Waals surface area contributed by atoms with Gasteiger partial charge in [-0.3, -0.25) is 4.57 Å². The topological polar surface area (TPSA) is 69.6 Å². The lowest BCUT2D eigenvalue weighted by molar-refractivity contribution is 0.927. The summed E-state index contributed by atoms with van der Waals surface area (Å²) in [6, 6.07) is 5.73. The van der Waals surface area contributed by atoms with Crippen LogP contribution in [0.1, 0.15) is 33.9 Å². The highest BCUT2D eigenvalue weighted by Gasteiger charge is 2.16. The van der Waals surface area contributed by atoms with Gasteiger partial charge in [-0.2, -0.15) is 0 Å². The third kappa shape index (κ3) is 3.32. The van der Waals surface area contributed by atoms with Crippen molar-refractivity contribution in [2.45, 2.75) is 20.8 Å². The Hall–Kier alpha value is -3.10. The van der Waals surface area contributed by atoms with Gasteiger partial charge in [0.05, 0.1) is 11.4 Å². The third-order valence-electron chi connectivity index (χ3n) is 3.98. The van der Waals surface area contributed by atoms with Gasteiger partial charge in [0.25, 0.3) is 0 Å². The second-order valence-corrected chi connectivity index (χ2v) is 6.31. The molecular weight excluding hydrogens is 346 g/mol. The molecule has 0 radical (unpaired) electrons. The summed E-state index contributed by atoms with van der Waals surface area (Å²) in [6.45, 7) is 9.62. The minimum Gasteiger partial charge on any atom is -0.396 e. The zero-order chi connectivity index (χ0) is 18.8. The van der Waals surface area contributed by atoms with Gasteiger partial charge in [0.2, 0.25) is 0 Å². The van der Waals surface area contributed by atoms with E-state index in [4.69, 9.17) is 17.3 Å². The van der Waals surface area contributed by atoms with Gasteiger partial charge in [-0.15, -0.1) is 0 Å². The van der Waals surface area contributed by atoms with Crippen LogP contribution in [0.4, 0.5) is 0 Å². The Labute approximate surface area is 157 Å². The summed E-state index contributed by atoms with van der Waals surface area (Å²) in [6.07, 6.45) is 3.43. The molecule has 2 N–H and O–H groups in total. The first-order chi connectivity index (χ1) is 12.4. The Morgan fingerprint density at radius 1 is 1.15 bits per heavy atom. The molecule has 0 amide bonds. The molecule has 0 unspecified atom stereocenters. The van der Waals surface area contributed by atoms with Crippen molar-refractivity contribution < 1.29 is 0 Å². The molecule has 0 saturated carbocycles. The molecule has 0 aliphatic rings. The molecular formula is C20H18ClN5. The summed E-state index contributed by atoms with van der Waals surface area (Å²) in [5, 5.41) is 0.443. The predicted octanol–water partition coefficient (Wildman–Crippen LogP) is 3.57.